The normalized spacial score (nSPS) is 10.6. The van der Waals surface area contributed by atoms with Gasteiger partial charge in [0.05, 0.1) is 7.11 Å². The van der Waals surface area contributed by atoms with Gasteiger partial charge in [0.15, 0.2) is 11.4 Å². The molecule has 0 unspecified atom stereocenters. The summed E-state index contributed by atoms with van der Waals surface area (Å²) in [6.07, 6.45) is 5.26. The molecule has 0 amide bonds. The Labute approximate surface area is 92.2 Å². The highest BCUT2D eigenvalue weighted by molar-refractivity contribution is 8.13. The number of amidine groups is 1. The Morgan fingerprint density at radius 3 is 3.13 bits per heavy atom. The SMILES string of the molecule is COc1ncccc1N=C(NC#N)SC. The number of ether oxygens (including phenoxy) is 1. The van der Waals surface area contributed by atoms with E-state index in [0.29, 0.717) is 16.7 Å². The summed E-state index contributed by atoms with van der Waals surface area (Å²) in [5, 5.41) is 11.4. The van der Waals surface area contributed by atoms with E-state index in [4.69, 9.17) is 10.00 Å². The van der Waals surface area contributed by atoms with E-state index in [1.54, 1.807) is 18.3 Å². The molecule has 0 saturated heterocycles. The third kappa shape index (κ3) is 3.14. The Kier molecular flexibility index (Phi) is 4.44. The summed E-state index contributed by atoms with van der Waals surface area (Å²) in [6.45, 7) is 0. The van der Waals surface area contributed by atoms with Gasteiger partial charge >= 0.3 is 0 Å². The molecule has 0 saturated carbocycles. The number of aliphatic imine (C=N–C) groups is 1. The van der Waals surface area contributed by atoms with E-state index in [1.807, 2.05) is 12.4 Å². The highest BCUT2D eigenvalue weighted by Gasteiger charge is 2.03. The highest BCUT2D eigenvalue weighted by atomic mass is 32.2. The van der Waals surface area contributed by atoms with E-state index >= 15 is 0 Å². The average Bonchev–Trinajstić information content (AvgIpc) is 2.29. The van der Waals surface area contributed by atoms with Gasteiger partial charge in [-0.15, -0.1) is 0 Å². The Morgan fingerprint density at radius 1 is 1.73 bits per heavy atom. The van der Waals surface area contributed by atoms with E-state index in [2.05, 4.69) is 15.3 Å². The fourth-order valence-electron chi connectivity index (χ4n) is 0.907. The zero-order valence-electron chi connectivity index (χ0n) is 8.39. The van der Waals surface area contributed by atoms with Crippen LogP contribution in [-0.4, -0.2) is 23.5 Å². The molecule has 15 heavy (non-hydrogen) atoms. The third-order valence-electron chi connectivity index (χ3n) is 1.52. The zero-order chi connectivity index (χ0) is 11.1. The van der Waals surface area contributed by atoms with Crippen LogP contribution in [0.5, 0.6) is 5.88 Å². The lowest BCUT2D eigenvalue weighted by molar-refractivity contribution is 0.399. The number of nitrogens with one attached hydrogen (secondary N) is 1. The quantitative estimate of drug-likeness (QED) is 0.355. The van der Waals surface area contributed by atoms with Crippen molar-refractivity contribution in [3.05, 3.63) is 18.3 Å². The summed E-state index contributed by atoms with van der Waals surface area (Å²) in [7, 11) is 1.53. The molecule has 0 spiro atoms. The number of hydrogen-bond donors (Lipinski definition) is 1. The molecule has 0 aliphatic rings. The zero-order valence-corrected chi connectivity index (χ0v) is 9.21. The number of aromatic nitrogens is 1. The Morgan fingerprint density at radius 2 is 2.53 bits per heavy atom. The number of hydrogen-bond acceptors (Lipinski definition) is 5. The van der Waals surface area contributed by atoms with Gasteiger partial charge < -0.3 is 4.74 Å². The molecule has 1 aromatic rings. The molecule has 0 bridgehead atoms. The predicted octanol–water partition coefficient (Wildman–Crippen LogP) is 1.51. The van der Waals surface area contributed by atoms with Crippen molar-refractivity contribution < 1.29 is 4.74 Å². The minimum Gasteiger partial charge on any atom is -0.479 e. The van der Waals surface area contributed by atoms with Crippen molar-refractivity contribution in [3.8, 4) is 12.1 Å². The highest BCUT2D eigenvalue weighted by Crippen LogP contribution is 2.24. The average molecular weight is 222 g/mol. The van der Waals surface area contributed by atoms with Gasteiger partial charge in [-0.25, -0.2) is 9.98 Å². The lowest BCUT2D eigenvalue weighted by atomic mass is 10.4. The van der Waals surface area contributed by atoms with Crippen LogP contribution in [0.2, 0.25) is 0 Å². The van der Waals surface area contributed by atoms with Crippen LogP contribution in [0.1, 0.15) is 0 Å². The molecule has 1 heterocycles. The van der Waals surface area contributed by atoms with Crippen LogP contribution < -0.4 is 10.1 Å². The molecule has 0 aliphatic heterocycles. The maximum atomic E-state index is 8.47. The monoisotopic (exact) mass is 222 g/mol. The van der Waals surface area contributed by atoms with Crippen LogP contribution in [0.25, 0.3) is 0 Å². The summed E-state index contributed by atoms with van der Waals surface area (Å²) in [6, 6.07) is 3.52. The van der Waals surface area contributed by atoms with Crippen molar-refractivity contribution in [1.29, 1.82) is 5.26 Å². The number of methoxy groups -OCH3 is 1. The second-order valence-corrected chi connectivity index (χ2v) is 3.18. The molecule has 1 aromatic heterocycles. The summed E-state index contributed by atoms with van der Waals surface area (Å²) < 4.78 is 5.03. The van der Waals surface area contributed by atoms with Gasteiger partial charge in [0.1, 0.15) is 5.69 Å². The first-order valence-corrected chi connectivity index (χ1v) is 5.31. The maximum Gasteiger partial charge on any atom is 0.239 e. The third-order valence-corrected chi connectivity index (χ3v) is 2.10. The standard InChI is InChI=1S/C9H10N4OS/c1-14-8-7(4-3-5-11-8)13-9(15-2)12-6-10/h3-5H,1-2H3,(H,12,13). The van der Waals surface area contributed by atoms with E-state index in [-0.39, 0.29) is 0 Å². The molecule has 0 fully saturated rings. The van der Waals surface area contributed by atoms with Gasteiger partial charge in [-0.2, -0.15) is 5.26 Å². The molecule has 0 atom stereocenters. The second-order valence-electron chi connectivity index (χ2n) is 2.39. The van der Waals surface area contributed by atoms with E-state index in [9.17, 15) is 0 Å². The van der Waals surface area contributed by atoms with Crippen molar-refractivity contribution >= 4 is 22.6 Å². The van der Waals surface area contributed by atoms with Crippen molar-refractivity contribution in [2.24, 2.45) is 4.99 Å². The molecule has 0 aromatic carbocycles. The minimum absolute atomic E-state index is 0.434. The Balaban J connectivity index is 3.00. The number of nitrogens with zero attached hydrogens (tertiary/aromatic N) is 3. The summed E-state index contributed by atoms with van der Waals surface area (Å²) in [5.41, 5.74) is 0.590. The van der Waals surface area contributed by atoms with Crippen LogP contribution in [0.15, 0.2) is 23.3 Å². The predicted molar refractivity (Wildman–Crippen MR) is 60.1 cm³/mol. The van der Waals surface area contributed by atoms with E-state index in [0.717, 1.165) is 0 Å². The van der Waals surface area contributed by atoms with Crippen molar-refractivity contribution in [3.63, 3.8) is 0 Å². The molecule has 1 rings (SSSR count). The van der Waals surface area contributed by atoms with Crippen LogP contribution in [0.4, 0.5) is 5.69 Å². The van der Waals surface area contributed by atoms with Gasteiger partial charge in [0.25, 0.3) is 0 Å². The van der Waals surface area contributed by atoms with Gasteiger partial charge in [0.2, 0.25) is 5.88 Å². The second kappa shape index (κ2) is 5.88. The Hall–Kier alpha value is -1.74. The van der Waals surface area contributed by atoms with Crippen molar-refractivity contribution in [1.82, 2.24) is 10.3 Å². The van der Waals surface area contributed by atoms with Gasteiger partial charge in [-0.1, -0.05) is 11.8 Å². The fourth-order valence-corrected chi connectivity index (χ4v) is 1.24. The first-order chi connectivity index (χ1) is 7.31. The number of rotatable bonds is 2. The largest absolute Gasteiger partial charge is 0.479 e. The van der Waals surface area contributed by atoms with Gasteiger partial charge in [-0.3, -0.25) is 5.32 Å². The van der Waals surface area contributed by atoms with Crippen molar-refractivity contribution in [2.75, 3.05) is 13.4 Å². The van der Waals surface area contributed by atoms with E-state index < -0.39 is 0 Å². The first-order valence-electron chi connectivity index (χ1n) is 4.08. The summed E-state index contributed by atoms with van der Waals surface area (Å²) in [5.74, 6) is 0.434. The molecule has 5 nitrogen and oxygen atoms in total. The first kappa shape index (κ1) is 11.3. The number of nitriles is 1. The summed E-state index contributed by atoms with van der Waals surface area (Å²) in [4.78, 5) is 8.19. The molecule has 1 N–H and O–H groups in total. The lowest BCUT2D eigenvalue weighted by Gasteiger charge is -2.03. The molecule has 0 radical (unpaired) electrons. The molecular weight excluding hydrogens is 212 g/mol. The number of pyridine rings is 1. The van der Waals surface area contributed by atoms with Gasteiger partial charge in [0, 0.05) is 6.20 Å². The van der Waals surface area contributed by atoms with Crippen LogP contribution in [0, 0.1) is 11.5 Å². The molecule has 6 heteroatoms. The topological polar surface area (TPSA) is 70.3 Å². The molecule has 78 valence electrons. The summed E-state index contributed by atoms with van der Waals surface area (Å²) >= 11 is 1.34. The Bertz CT molecular complexity index is 399. The lowest BCUT2D eigenvalue weighted by Crippen LogP contribution is -2.12. The maximum absolute atomic E-state index is 8.47. The van der Waals surface area contributed by atoms with Crippen LogP contribution >= 0.6 is 11.8 Å². The molecule has 0 aliphatic carbocycles. The fraction of sp³-hybridized carbons (Fsp3) is 0.222. The van der Waals surface area contributed by atoms with Crippen LogP contribution in [-0.2, 0) is 0 Å². The van der Waals surface area contributed by atoms with Crippen molar-refractivity contribution in [2.45, 2.75) is 0 Å². The minimum atomic E-state index is 0.434. The smallest absolute Gasteiger partial charge is 0.239 e. The molecular formula is C9H10N4OS. The van der Waals surface area contributed by atoms with Gasteiger partial charge in [-0.05, 0) is 18.4 Å². The van der Waals surface area contributed by atoms with E-state index in [1.165, 1.54) is 18.9 Å². The number of thioether (sulfide) groups is 1. The van der Waals surface area contributed by atoms with Crippen LogP contribution in [0.3, 0.4) is 0 Å².